The molecule has 2 rings (SSSR count). The number of hydrogen-bond acceptors (Lipinski definition) is 5. The number of nitro groups is 1. The Balaban J connectivity index is 0.00000180. The van der Waals surface area contributed by atoms with E-state index in [0.29, 0.717) is 0 Å². The van der Waals surface area contributed by atoms with Crippen molar-refractivity contribution in [3.8, 4) is 0 Å². The summed E-state index contributed by atoms with van der Waals surface area (Å²) in [5, 5.41) is 21.3. The monoisotopic (exact) mass is 270 g/mol. The van der Waals surface area contributed by atoms with Gasteiger partial charge < -0.3 is 14.5 Å². The van der Waals surface area contributed by atoms with E-state index in [1.165, 1.54) is 29.0 Å². The average Bonchev–Trinajstić information content (AvgIpc) is 2.31. The number of aromatic nitrogens is 1. The summed E-state index contributed by atoms with van der Waals surface area (Å²) in [4.78, 5) is 32.4. The standard InChI is InChI=1S/C11H8N2O5.Na/c14-9-4-5-12(6-10(15)16)7-2-1-3-8(11(7)9)13(17)18;/h1-5H,6H2,(H,15,16);/q;+1/p-1. The number of nitrogens with zero attached hydrogens (tertiary/aromatic N) is 2. The van der Waals surface area contributed by atoms with Crippen molar-refractivity contribution in [2.75, 3.05) is 0 Å². The number of rotatable bonds is 3. The van der Waals surface area contributed by atoms with Crippen molar-refractivity contribution in [1.29, 1.82) is 0 Å². The number of fused-ring (bicyclic) bond motifs is 1. The van der Waals surface area contributed by atoms with Gasteiger partial charge in [0.25, 0.3) is 5.69 Å². The van der Waals surface area contributed by atoms with Gasteiger partial charge in [-0.15, -0.1) is 0 Å². The molecule has 0 bridgehead atoms. The topological polar surface area (TPSA) is 105 Å². The number of carbonyl (C=O) groups is 1. The second-order valence-corrected chi connectivity index (χ2v) is 3.61. The zero-order valence-electron chi connectivity index (χ0n) is 10.0. The Kier molecular flexibility index (Phi) is 4.82. The molecule has 0 saturated heterocycles. The average molecular weight is 270 g/mol. The molecule has 8 heteroatoms. The first-order valence-corrected chi connectivity index (χ1v) is 4.97. The summed E-state index contributed by atoms with van der Waals surface area (Å²) < 4.78 is 1.22. The van der Waals surface area contributed by atoms with Crippen LogP contribution >= 0.6 is 0 Å². The molecule has 19 heavy (non-hydrogen) atoms. The summed E-state index contributed by atoms with van der Waals surface area (Å²) in [5.74, 6) is -1.34. The van der Waals surface area contributed by atoms with Crippen LogP contribution in [0.3, 0.4) is 0 Å². The number of hydrogen-bond donors (Lipinski definition) is 0. The van der Waals surface area contributed by atoms with Gasteiger partial charge in [-0.3, -0.25) is 14.9 Å². The molecule has 0 saturated carbocycles. The maximum absolute atomic E-state index is 11.7. The first-order chi connectivity index (χ1) is 8.50. The van der Waals surface area contributed by atoms with Crippen LogP contribution in [0, 0.1) is 10.1 Å². The molecule has 0 aliphatic rings. The number of benzene rings is 1. The van der Waals surface area contributed by atoms with E-state index < -0.39 is 22.9 Å². The van der Waals surface area contributed by atoms with Crippen LogP contribution in [0.15, 0.2) is 35.3 Å². The molecule has 0 aliphatic heterocycles. The van der Waals surface area contributed by atoms with Gasteiger partial charge in [-0.25, -0.2) is 0 Å². The Morgan fingerprint density at radius 2 is 2.00 bits per heavy atom. The fourth-order valence-electron chi connectivity index (χ4n) is 1.77. The minimum Gasteiger partial charge on any atom is -0.548 e. The van der Waals surface area contributed by atoms with Gasteiger partial charge in [0.1, 0.15) is 5.39 Å². The molecule has 7 nitrogen and oxygen atoms in total. The maximum Gasteiger partial charge on any atom is 1.00 e. The second-order valence-electron chi connectivity index (χ2n) is 3.61. The van der Waals surface area contributed by atoms with Crippen molar-refractivity contribution < 1.29 is 44.4 Å². The molecular formula is C11H7N2NaO5. The van der Waals surface area contributed by atoms with Gasteiger partial charge in [-0.1, -0.05) is 6.07 Å². The van der Waals surface area contributed by atoms with E-state index >= 15 is 0 Å². The molecular weight excluding hydrogens is 263 g/mol. The van der Waals surface area contributed by atoms with Gasteiger partial charge in [0.15, 0.2) is 5.43 Å². The van der Waals surface area contributed by atoms with Gasteiger partial charge in [0.2, 0.25) is 0 Å². The third-order valence-electron chi connectivity index (χ3n) is 2.48. The molecule has 1 heterocycles. The number of non-ortho nitro benzene ring substituents is 1. The smallest absolute Gasteiger partial charge is 0.548 e. The van der Waals surface area contributed by atoms with Crippen LogP contribution in [0.1, 0.15) is 0 Å². The largest absolute Gasteiger partial charge is 1.00 e. The Morgan fingerprint density at radius 1 is 1.32 bits per heavy atom. The molecule has 0 spiro atoms. The van der Waals surface area contributed by atoms with Crippen LogP contribution < -0.4 is 40.1 Å². The minimum atomic E-state index is -1.34. The quantitative estimate of drug-likeness (QED) is 0.329. The molecule has 1 aromatic heterocycles. The Labute approximate surface area is 128 Å². The molecule has 2 aromatic rings. The van der Waals surface area contributed by atoms with Gasteiger partial charge >= 0.3 is 29.6 Å². The summed E-state index contributed by atoms with van der Waals surface area (Å²) in [6, 6.07) is 5.14. The number of nitro benzene ring substituents is 1. The summed E-state index contributed by atoms with van der Waals surface area (Å²) in [6.45, 7) is -0.474. The van der Waals surface area contributed by atoms with Crippen LogP contribution in [0.5, 0.6) is 0 Å². The predicted octanol–water partition coefficient (Wildman–Crippen LogP) is -3.34. The van der Waals surface area contributed by atoms with Gasteiger partial charge in [0.05, 0.1) is 23.0 Å². The molecule has 1 aromatic carbocycles. The zero-order valence-corrected chi connectivity index (χ0v) is 12.0. The number of pyridine rings is 1. The predicted molar refractivity (Wildman–Crippen MR) is 59.9 cm³/mol. The van der Waals surface area contributed by atoms with Crippen molar-refractivity contribution in [2.24, 2.45) is 0 Å². The van der Waals surface area contributed by atoms with Crippen LogP contribution in [0.25, 0.3) is 10.9 Å². The number of carbonyl (C=O) groups excluding carboxylic acids is 1. The third kappa shape index (κ3) is 3.01. The van der Waals surface area contributed by atoms with E-state index in [-0.39, 0.29) is 46.1 Å². The zero-order chi connectivity index (χ0) is 13.3. The molecule has 0 aliphatic carbocycles. The van der Waals surface area contributed by atoms with E-state index in [1.54, 1.807) is 0 Å². The van der Waals surface area contributed by atoms with Gasteiger partial charge in [0, 0.05) is 18.3 Å². The van der Waals surface area contributed by atoms with E-state index in [4.69, 9.17) is 0 Å². The maximum atomic E-state index is 11.7. The number of carboxylic acid groups (broad SMARTS) is 1. The molecule has 0 atom stereocenters. The Hall–Kier alpha value is -1.70. The van der Waals surface area contributed by atoms with E-state index in [0.717, 1.165) is 6.07 Å². The van der Waals surface area contributed by atoms with Crippen molar-refractivity contribution >= 4 is 22.6 Å². The molecule has 0 amide bonds. The molecule has 0 unspecified atom stereocenters. The Bertz CT molecular complexity index is 710. The van der Waals surface area contributed by atoms with Crippen LogP contribution in [0.4, 0.5) is 5.69 Å². The number of aliphatic carboxylic acids is 1. The summed E-state index contributed by atoms with van der Waals surface area (Å²) >= 11 is 0. The first kappa shape index (κ1) is 15.4. The van der Waals surface area contributed by atoms with E-state index in [9.17, 15) is 24.8 Å². The molecule has 92 valence electrons. The number of carboxylic acids is 1. The summed E-state index contributed by atoms with van der Waals surface area (Å²) in [7, 11) is 0. The third-order valence-corrected chi connectivity index (χ3v) is 2.48. The van der Waals surface area contributed by atoms with E-state index in [1.807, 2.05) is 0 Å². The van der Waals surface area contributed by atoms with Crippen LogP contribution in [-0.4, -0.2) is 15.5 Å². The van der Waals surface area contributed by atoms with Crippen molar-refractivity contribution in [1.82, 2.24) is 4.57 Å². The van der Waals surface area contributed by atoms with Crippen LogP contribution in [0.2, 0.25) is 0 Å². The first-order valence-electron chi connectivity index (χ1n) is 4.97. The summed E-state index contributed by atoms with van der Waals surface area (Å²) in [5.41, 5.74) is -0.669. The SMILES string of the molecule is O=C([O-])Cn1ccc(=O)c2c([N+](=O)[O-])cccc21.[Na+]. The van der Waals surface area contributed by atoms with Gasteiger partial charge in [-0.05, 0) is 6.07 Å². The molecule has 0 radical (unpaired) electrons. The fourth-order valence-corrected chi connectivity index (χ4v) is 1.77. The fraction of sp³-hybridized carbons (Fsp3) is 0.0909. The minimum absolute atomic E-state index is 0. The van der Waals surface area contributed by atoms with Crippen molar-refractivity contribution in [2.45, 2.75) is 6.54 Å². The van der Waals surface area contributed by atoms with E-state index in [2.05, 4.69) is 0 Å². The molecule has 0 N–H and O–H groups in total. The molecule has 0 fully saturated rings. The van der Waals surface area contributed by atoms with Crippen molar-refractivity contribution in [3.05, 3.63) is 50.8 Å². The normalized spacial score (nSPS) is 9.89. The summed E-state index contributed by atoms with van der Waals surface area (Å²) in [6.07, 6.45) is 1.27. The second kappa shape index (κ2) is 5.96. The van der Waals surface area contributed by atoms with Crippen LogP contribution in [-0.2, 0) is 11.3 Å². The Morgan fingerprint density at radius 3 is 2.58 bits per heavy atom. The van der Waals surface area contributed by atoms with Crippen molar-refractivity contribution in [3.63, 3.8) is 0 Å². The van der Waals surface area contributed by atoms with Gasteiger partial charge in [-0.2, -0.15) is 0 Å².